The molecule has 132 valence electrons. The second-order valence-corrected chi connectivity index (χ2v) is 5.84. The van der Waals surface area contributed by atoms with E-state index >= 15 is 0 Å². The average Bonchev–Trinajstić information content (AvgIpc) is 2.70. The molecule has 2 aromatic heterocycles. The van der Waals surface area contributed by atoms with E-state index in [1.54, 1.807) is 48.7 Å². The molecule has 0 radical (unpaired) electrons. The molecule has 4 aromatic rings. The van der Waals surface area contributed by atoms with Crippen LogP contribution in [0.4, 0.5) is 14.5 Å². The van der Waals surface area contributed by atoms with Gasteiger partial charge in [-0.15, -0.1) is 0 Å². The lowest BCUT2D eigenvalue weighted by Crippen LogP contribution is -2.15. The molecule has 0 aliphatic heterocycles. The number of carbonyl (C=O) groups is 1. The van der Waals surface area contributed by atoms with Crippen molar-refractivity contribution in [2.75, 3.05) is 5.32 Å². The number of hydrogen-bond acceptors (Lipinski definition) is 3. The summed E-state index contributed by atoms with van der Waals surface area (Å²) in [6.45, 7) is 0. The van der Waals surface area contributed by atoms with E-state index in [1.165, 1.54) is 6.07 Å². The van der Waals surface area contributed by atoms with E-state index in [1.807, 2.05) is 6.07 Å². The Morgan fingerprint density at radius 2 is 1.59 bits per heavy atom. The third-order valence-electron chi connectivity index (χ3n) is 4.09. The number of pyridine rings is 2. The first-order valence-corrected chi connectivity index (χ1v) is 8.20. The molecular formula is C21H13F2N3O. The maximum Gasteiger partial charge on any atom is 0.256 e. The molecule has 0 bridgehead atoms. The van der Waals surface area contributed by atoms with Crippen LogP contribution in [0.25, 0.3) is 22.3 Å². The average molecular weight is 361 g/mol. The fourth-order valence-electron chi connectivity index (χ4n) is 2.81. The highest BCUT2D eigenvalue weighted by Crippen LogP contribution is 2.25. The number of nitrogens with zero attached hydrogens (tertiary/aromatic N) is 2. The van der Waals surface area contributed by atoms with Crippen LogP contribution in [0.1, 0.15) is 10.4 Å². The SMILES string of the molecule is O=C(Nc1c(F)cccc1F)c1cc(-c2ccccn2)nc2ccccc12. The predicted octanol–water partition coefficient (Wildman–Crippen LogP) is 4.83. The third kappa shape index (κ3) is 3.25. The molecular weight excluding hydrogens is 348 g/mol. The number of anilines is 1. The number of benzene rings is 2. The lowest BCUT2D eigenvalue weighted by Gasteiger charge is -2.11. The van der Waals surface area contributed by atoms with Gasteiger partial charge in [0.15, 0.2) is 0 Å². The van der Waals surface area contributed by atoms with Crippen molar-refractivity contribution >= 4 is 22.5 Å². The van der Waals surface area contributed by atoms with Crippen LogP contribution in [0.3, 0.4) is 0 Å². The largest absolute Gasteiger partial charge is 0.317 e. The molecule has 0 saturated carbocycles. The smallest absolute Gasteiger partial charge is 0.256 e. The highest BCUT2D eigenvalue weighted by molar-refractivity contribution is 6.13. The number of aromatic nitrogens is 2. The molecule has 0 aliphatic carbocycles. The van der Waals surface area contributed by atoms with Crippen LogP contribution in [-0.2, 0) is 0 Å². The second-order valence-electron chi connectivity index (χ2n) is 5.84. The topological polar surface area (TPSA) is 54.9 Å². The van der Waals surface area contributed by atoms with Crippen LogP contribution in [-0.4, -0.2) is 15.9 Å². The molecule has 4 nitrogen and oxygen atoms in total. The van der Waals surface area contributed by atoms with Crippen LogP contribution in [0.15, 0.2) is 72.9 Å². The number of carbonyl (C=O) groups excluding carboxylic acids is 1. The van der Waals surface area contributed by atoms with E-state index < -0.39 is 23.2 Å². The Balaban J connectivity index is 1.84. The van der Waals surface area contributed by atoms with Gasteiger partial charge in [-0.05, 0) is 36.4 Å². The third-order valence-corrected chi connectivity index (χ3v) is 4.09. The van der Waals surface area contributed by atoms with Crippen molar-refractivity contribution in [3.8, 4) is 11.4 Å². The standard InChI is InChI=1S/C21H13F2N3O/c22-15-7-5-8-16(23)20(15)26-21(27)14-12-19(18-10-3-4-11-24-18)25-17-9-2-1-6-13(14)17/h1-12H,(H,26,27). The van der Waals surface area contributed by atoms with Crippen LogP contribution in [0, 0.1) is 11.6 Å². The molecule has 27 heavy (non-hydrogen) atoms. The molecule has 0 spiro atoms. The van der Waals surface area contributed by atoms with Gasteiger partial charge in [-0.25, -0.2) is 13.8 Å². The summed E-state index contributed by atoms with van der Waals surface area (Å²) in [4.78, 5) is 21.6. The van der Waals surface area contributed by atoms with Crippen molar-refractivity contribution in [3.63, 3.8) is 0 Å². The number of hydrogen-bond donors (Lipinski definition) is 1. The number of halogens is 2. The maximum atomic E-state index is 13.9. The quantitative estimate of drug-likeness (QED) is 0.569. The minimum Gasteiger partial charge on any atom is -0.317 e. The second kappa shape index (κ2) is 6.92. The van der Waals surface area contributed by atoms with Crippen molar-refractivity contribution < 1.29 is 13.6 Å². The van der Waals surface area contributed by atoms with Gasteiger partial charge < -0.3 is 5.32 Å². The van der Waals surface area contributed by atoms with Gasteiger partial charge >= 0.3 is 0 Å². The Morgan fingerprint density at radius 1 is 0.852 bits per heavy atom. The van der Waals surface area contributed by atoms with E-state index in [0.717, 1.165) is 12.1 Å². The zero-order valence-corrected chi connectivity index (χ0v) is 14.0. The van der Waals surface area contributed by atoms with Gasteiger partial charge in [0, 0.05) is 11.6 Å². The molecule has 4 rings (SSSR count). The minimum atomic E-state index is -0.841. The number of rotatable bonds is 3. The molecule has 2 aromatic carbocycles. The lowest BCUT2D eigenvalue weighted by atomic mass is 10.1. The normalized spacial score (nSPS) is 10.7. The van der Waals surface area contributed by atoms with Crippen molar-refractivity contribution in [1.29, 1.82) is 0 Å². The van der Waals surface area contributed by atoms with Gasteiger partial charge in [-0.2, -0.15) is 0 Å². The van der Waals surface area contributed by atoms with Crippen molar-refractivity contribution in [2.45, 2.75) is 0 Å². The molecule has 1 N–H and O–H groups in total. The number of para-hydroxylation sites is 2. The molecule has 0 saturated heterocycles. The lowest BCUT2D eigenvalue weighted by molar-refractivity contribution is 0.102. The van der Waals surface area contributed by atoms with Gasteiger partial charge in [-0.3, -0.25) is 9.78 Å². The predicted molar refractivity (Wildman–Crippen MR) is 99.3 cm³/mol. The Kier molecular flexibility index (Phi) is 4.30. The van der Waals surface area contributed by atoms with Crippen molar-refractivity contribution in [1.82, 2.24) is 9.97 Å². The van der Waals surface area contributed by atoms with Crippen LogP contribution in [0.5, 0.6) is 0 Å². The van der Waals surface area contributed by atoms with Crippen LogP contribution >= 0.6 is 0 Å². The van der Waals surface area contributed by atoms with Crippen molar-refractivity contribution in [2.24, 2.45) is 0 Å². The van der Waals surface area contributed by atoms with Gasteiger partial charge in [0.05, 0.1) is 22.5 Å². The van der Waals surface area contributed by atoms with E-state index in [-0.39, 0.29) is 5.56 Å². The molecule has 0 unspecified atom stereocenters. The van der Waals surface area contributed by atoms with Gasteiger partial charge in [0.2, 0.25) is 0 Å². The fourth-order valence-corrected chi connectivity index (χ4v) is 2.81. The van der Waals surface area contributed by atoms with Gasteiger partial charge in [0.1, 0.15) is 17.3 Å². The highest BCUT2D eigenvalue weighted by atomic mass is 19.1. The highest BCUT2D eigenvalue weighted by Gasteiger charge is 2.17. The zero-order valence-electron chi connectivity index (χ0n) is 14.0. The van der Waals surface area contributed by atoms with Crippen LogP contribution < -0.4 is 5.32 Å². The van der Waals surface area contributed by atoms with E-state index in [2.05, 4.69) is 15.3 Å². The Hall–Kier alpha value is -3.67. The molecule has 2 heterocycles. The number of fused-ring (bicyclic) bond motifs is 1. The van der Waals surface area contributed by atoms with E-state index in [4.69, 9.17) is 0 Å². The summed E-state index contributed by atoms with van der Waals surface area (Å²) in [7, 11) is 0. The zero-order chi connectivity index (χ0) is 18.8. The summed E-state index contributed by atoms with van der Waals surface area (Å²) >= 11 is 0. The molecule has 0 fully saturated rings. The summed E-state index contributed by atoms with van der Waals surface area (Å²) in [5.74, 6) is -2.31. The van der Waals surface area contributed by atoms with Crippen molar-refractivity contribution in [3.05, 3.63) is 90.1 Å². The summed E-state index contributed by atoms with van der Waals surface area (Å²) in [6.07, 6.45) is 1.63. The molecule has 1 amide bonds. The summed E-state index contributed by atoms with van der Waals surface area (Å²) < 4.78 is 27.8. The fraction of sp³-hybridized carbons (Fsp3) is 0. The summed E-state index contributed by atoms with van der Waals surface area (Å²) in [5.41, 5.74) is 1.44. The molecule has 6 heteroatoms. The van der Waals surface area contributed by atoms with Gasteiger partial charge in [-0.1, -0.05) is 30.3 Å². The maximum absolute atomic E-state index is 13.9. The monoisotopic (exact) mass is 361 g/mol. The summed E-state index contributed by atoms with van der Waals surface area (Å²) in [5, 5.41) is 2.90. The first-order valence-electron chi connectivity index (χ1n) is 8.20. The first kappa shape index (κ1) is 16.8. The molecule has 0 aliphatic rings. The Bertz CT molecular complexity index is 1130. The van der Waals surface area contributed by atoms with Gasteiger partial charge in [0.25, 0.3) is 5.91 Å². The number of nitrogens with one attached hydrogen (secondary N) is 1. The summed E-state index contributed by atoms with van der Waals surface area (Å²) in [6, 6.07) is 17.4. The number of amides is 1. The first-order chi connectivity index (χ1) is 13.1. The van der Waals surface area contributed by atoms with Crippen LogP contribution in [0.2, 0.25) is 0 Å². The molecule has 0 atom stereocenters. The van der Waals surface area contributed by atoms with E-state index in [9.17, 15) is 13.6 Å². The Labute approximate surface area is 153 Å². The Morgan fingerprint density at radius 3 is 2.33 bits per heavy atom. The minimum absolute atomic E-state index is 0.254. The van der Waals surface area contributed by atoms with E-state index in [0.29, 0.717) is 22.3 Å².